The monoisotopic (exact) mass is 620 g/mol. The largest absolute Gasteiger partial charge is 0.461 e. The second kappa shape index (κ2) is 13.6. The summed E-state index contributed by atoms with van der Waals surface area (Å²) in [5, 5.41) is 11.6. The zero-order chi connectivity index (χ0) is 31.3. The molecule has 5 rings (SSSR count). The maximum atomic E-state index is 14.0. The molecule has 1 aliphatic heterocycles. The molecular weight excluding hydrogens is 580 g/mol. The Kier molecular flexibility index (Phi) is 9.70. The number of anilines is 1. The second-order valence-electron chi connectivity index (χ2n) is 11.1. The van der Waals surface area contributed by atoms with Gasteiger partial charge in [0.05, 0.1) is 29.2 Å². The maximum absolute atomic E-state index is 14.0. The molecule has 0 saturated carbocycles. The number of nitrogens with zero attached hydrogens (tertiary/aromatic N) is 4. The fraction of sp³-hybridized carbons (Fsp3) is 0.406. The Morgan fingerprint density at radius 3 is 2.64 bits per heavy atom. The lowest BCUT2D eigenvalue weighted by Crippen LogP contribution is -2.50. The van der Waals surface area contributed by atoms with Gasteiger partial charge in [-0.05, 0) is 43.0 Å². The molecule has 0 aliphatic carbocycles. The molecular formula is C32H40N6O5S. The number of hydrogen-bond donors (Lipinski definition) is 2. The summed E-state index contributed by atoms with van der Waals surface area (Å²) < 4.78 is 36.7. The number of rotatable bonds is 14. The van der Waals surface area contributed by atoms with Crippen LogP contribution in [0.15, 0.2) is 61.1 Å². The first kappa shape index (κ1) is 31.3. The lowest BCUT2D eigenvalue weighted by atomic mass is 9.99. The third-order valence-electron chi connectivity index (χ3n) is 8.14. The highest BCUT2D eigenvalue weighted by atomic mass is 32.2. The zero-order valence-electron chi connectivity index (χ0n) is 25.4. The van der Waals surface area contributed by atoms with Crippen LogP contribution in [-0.4, -0.2) is 66.6 Å². The molecule has 3 heterocycles. The van der Waals surface area contributed by atoms with Gasteiger partial charge < -0.3 is 19.9 Å². The molecule has 2 aromatic carbocycles. The highest BCUT2D eigenvalue weighted by Gasteiger charge is 2.30. The minimum atomic E-state index is -3.56. The van der Waals surface area contributed by atoms with E-state index in [1.165, 1.54) is 11.4 Å². The molecule has 1 aliphatic rings. The van der Waals surface area contributed by atoms with Crippen LogP contribution in [0.2, 0.25) is 0 Å². The van der Waals surface area contributed by atoms with Gasteiger partial charge in [-0.25, -0.2) is 8.42 Å². The molecule has 0 unspecified atom stereocenters. The highest BCUT2D eigenvalue weighted by molar-refractivity contribution is 7.92. The second-order valence-corrected chi connectivity index (χ2v) is 13.3. The van der Waals surface area contributed by atoms with E-state index < -0.39 is 22.2 Å². The molecule has 1 amide bonds. The van der Waals surface area contributed by atoms with Gasteiger partial charge in [0, 0.05) is 62.1 Å². The topological polar surface area (TPSA) is 128 Å². The van der Waals surface area contributed by atoms with Crippen LogP contribution in [0, 0.1) is 0 Å². The average Bonchev–Trinajstić information content (AvgIpc) is 3.61. The van der Waals surface area contributed by atoms with Crippen molar-refractivity contribution in [1.29, 1.82) is 0 Å². The van der Waals surface area contributed by atoms with Gasteiger partial charge in [-0.2, -0.15) is 5.10 Å². The standard InChI is InChI=1S/C32H40N6O5S/c1-4-9-25-21-37-12-13-44(41,42)36(3)29-16-26(15-27(25)31(29)37)32(40)35-28(14-23-10-7-6-8-11-23)30(43-22-39)19-33-17-24-18-34-38(5-2)20-24/h6-8,10-11,15-16,18,20-22,28,30,33H,4-5,9,12-14,17,19H2,1-3H3,(H,35,40)/t28-,30+/m0/s1. The van der Waals surface area contributed by atoms with E-state index in [1.54, 1.807) is 12.3 Å². The molecule has 0 spiro atoms. The number of nitrogens with one attached hydrogen (secondary N) is 2. The first-order valence-corrected chi connectivity index (χ1v) is 16.6. The van der Waals surface area contributed by atoms with E-state index in [1.807, 2.05) is 65.0 Å². The molecule has 11 nitrogen and oxygen atoms in total. The number of carbonyl (C=O) groups excluding carboxylic acids is 2. The van der Waals surface area contributed by atoms with E-state index in [4.69, 9.17) is 4.74 Å². The number of amides is 1. The lowest BCUT2D eigenvalue weighted by Gasteiger charge is -2.27. The van der Waals surface area contributed by atoms with Crippen LogP contribution in [0.4, 0.5) is 5.69 Å². The van der Waals surface area contributed by atoms with Crippen LogP contribution in [0.3, 0.4) is 0 Å². The smallest absolute Gasteiger partial charge is 0.293 e. The van der Waals surface area contributed by atoms with Crippen LogP contribution < -0.4 is 14.9 Å². The van der Waals surface area contributed by atoms with Crippen molar-refractivity contribution in [2.45, 2.75) is 64.9 Å². The first-order valence-electron chi connectivity index (χ1n) is 15.0. The molecule has 12 heteroatoms. The summed E-state index contributed by atoms with van der Waals surface area (Å²) in [6, 6.07) is 12.6. The van der Waals surface area contributed by atoms with Crippen molar-refractivity contribution in [3.63, 3.8) is 0 Å². The Hall–Kier alpha value is -4.16. The van der Waals surface area contributed by atoms with Gasteiger partial charge >= 0.3 is 0 Å². The van der Waals surface area contributed by atoms with Crippen LogP contribution in [0.1, 0.15) is 47.3 Å². The summed E-state index contributed by atoms with van der Waals surface area (Å²) in [5.74, 6) is -0.399. The number of aromatic nitrogens is 3. The van der Waals surface area contributed by atoms with E-state index in [2.05, 4.69) is 22.7 Å². The summed E-state index contributed by atoms with van der Waals surface area (Å²) in [5.41, 5.74) is 4.66. The number of aryl methyl sites for hydroxylation is 3. The van der Waals surface area contributed by atoms with Crippen molar-refractivity contribution in [2.24, 2.45) is 0 Å². The third-order valence-corrected chi connectivity index (χ3v) is 9.87. The maximum Gasteiger partial charge on any atom is 0.293 e. The normalized spacial score (nSPS) is 15.5. The van der Waals surface area contributed by atoms with Gasteiger partial charge in [-0.15, -0.1) is 0 Å². The van der Waals surface area contributed by atoms with E-state index in [0.29, 0.717) is 43.8 Å². The number of ether oxygens (including phenoxy) is 1. The van der Waals surface area contributed by atoms with Crippen molar-refractivity contribution in [3.8, 4) is 0 Å². The number of carbonyl (C=O) groups is 2. The summed E-state index contributed by atoms with van der Waals surface area (Å²) >= 11 is 0. The SMILES string of the molecule is CCCc1cn2c3c(cc(C(=O)N[C@@H](Cc4ccccc4)[C@@H](CNCc4cnn(CC)c4)OC=O)cc13)N(C)S(=O)(=O)CC2. The number of benzene rings is 2. The average molecular weight is 621 g/mol. The Morgan fingerprint density at radius 2 is 1.93 bits per heavy atom. The fourth-order valence-electron chi connectivity index (χ4n) is 5.79. The highest BCUT2D eigenvalue weighted by Crippen LogP contribution is 2.36. The molecule has 0 radical (unpaired) electrons. The molecule has 0 bridgehead atoms. The summed E-state index contributed by atoms with van der Waals surface area (Å²) in [6.45, 7) is 6.44. The van der Waals surface area contributed by atoms with E-state index >= 15 is 0 Å². The minimum absolute atomic E-state index is 0.0227. The fourth-order valence-corrected chi connectivity index (χ4v) is 6.93. The van der Waals surface area contributed by atoms with Crippen LogP contribution in [0.25, 0.3) is 10.9 Å². The van der Waals surface area contributed by atoms with Crippen LogP contribution in [-0.2, 0) is 52.0 Å². The molecule has 2 atom stereocenters. The van der Waals surface area contributed by atoms with Crippen molar-refractivity contribution in [3.05, 3.63) is 83.3 Å². The van der Waals surface area contributed by atoms with Crippen LogP contribution in [0.5, 0.6) is 0 Å². The molecule has 0 saturated heterocycles. The van der Waals surface area contributed by atoms with Crippen molar-refractivity contribution in [2.75, 3.05) is 23.7 Å². The minimum Gasteiger partial charge on any atom is -0.461 e. The Morgan fingerprint density at radius 1 is 1.14 bits per heavy atom. The Bertz CT molecular complexity index is 1720. The molecule has 4 aromatic rings. The zero-order valence-corrected chi connectivity index (χ0v) is 26.2. The lowest BCUT2D eigenvalue weighted by molar-refractivity contribution is -0.134. The van der Waals surface area contributed by atoms with Gasteiger partial charge in [-0.1, -0.05) is 43.7 Å². The molecule has 44 heavy (non-hydrogen) atoms. The summed E-state index contributed by atoms with van der Waals surface area (Å²) in [7, 11) is -2.02. The van der Waals surface area contributed by atoms with E-state index in [0.717, 1.165) is 47.0 Å². The summed E-state index contributed by atoms with van der Waals surface area (Å²) in [4.78, 5) is 25.6. The van der Waals surface area contributed by atoms with Gasteiger partial charge in [-0.3, -0.25) is 18.6 Å². The van der Waals surface area contributed by atoms with E-state index in [9.17, 15) is 18.0 Å². The number of hydrogen-bond acceptors (Lipinski definition) is 7. The van der Waals surface area contributed by atoms with E-state index in [-0.39, 0.29) is 11.7 Å². The van der Waals surface area contributed by atoms with Crippen molar-refractivity contribution >= 4 is 39.0 Å². The molecule has 2 aromatic heterocycles. The predicted molar refractivity (Wildman–Crippen MR) is 170 cm³/mol. The van der Waals surface area contributed by atoms with Gasteiger partial charge in [0.15, 0.2) is 0 Å². The number of sulfonamides is 1. The Balaban J connectivity index is 1.46. The van der Waals surface area contributed by atoms with Crippen molar-refractivity contribution in [1.82, 2.24) is 25.0 Å². The summed E-state index contributed by atoms with van der Waals surface area (Å²) in [6.07, 6.45) is 7.21. The van der Waals surface area contributed by atoms with Gasteiger partial charge in [0.1, 0.15) is 6.10 Å². The predicted octanol–water partition coefficient (Wildman–Crippen LogP) is 3.26. The van der Waals surface area contributed by atoms with Gasteiger partial charge in [0.2, 0.25) is 10.0 Å². The molecule has 234 valence electrons. The van der Waals surface area contributed by atoms with Crippen molar-refractivity contribution < 1.29 is 22.7 Å². The first-order chi connectivity index (χ1) is 21.2. The molecule has 2 N–H and O–H groups in total. The quantitative estimate of drug-likeness (QED) is 0.207. The third kappa shape index (κ3) is 6.81. The molecule has 0 fully saturated rings. The Labute approximate surface area is 258 Å². The van der Waals surface area contributed by atoms with Gasteiger partial charge in [0.25, 0.3) is 12.4 Å². The van der Waals surface area contributed by atoms with Crippen LogP contribution >= 0.6 is 0 Å².